The van der Waals surface area contributed by atoms with Crippen LogP contribution in [0.2, 0.25) is 0 Å². The Kier molecular flexibility index (Phi) is 7.95. The molecule has 6 heteroatoms. The van der Waals surface area contributed by atoms with Gasteiger partial charge in [-0.15, -0.1) is 11.8 Å². The fourth-order valence-corrected chi connectivity index (χ4v) is 4.59. The van der Waals surface area contributed by atoms with Crippen molar-refractivity contribution in [3.05, 3.63) is 121 Å². The minimum atomic E-state index is -0.388. The van der Waals surface area contributed by atoms with E-state index in [1.54, 1.807) is 17.0 Å². The molecule has 0 saturated heterocycles. The fourth-order valence-electron chi connectivity index (χ4n) is 3.60. The Balaban J connectivity index is 1.48. The first kappa shape index (κ1) is 24.2. The number of hydrogen-bond acceptors (Lipinski definition) is 3. The Morgan fingerprint density at radius 2 is 1.34 bits per heavy atom. The maximum Gasteiger partial charge on any atom is 0.255 e. The second kappa shape index (κ2) is 11.5. The van der Waals surface area contributed by atoms with Gasteiger partial charge in [0.2, 0.25) is 5.91 Å². The fraction of sp³-hybridized carbons (Fsp3) is 0.103. The number of nitrogens with zero attached hydrogens (tertiary/aromatic N) is 1. The quantitative estimate of drug-likeness (QED) is 0.267. The van der Waals surface area contributed by atoms with Crippen molar-refractivity contribution in [2.75, 3.05) is 10.2 Å². The Bertz CT molecular complexity index is 1220. The minimum absolute atomic E-state index is 0.00332. The van der Waals surface area contributed by atoms with Crippen molar-refractivity contribution in [1.29, 1.82) is 0 Å². The summed E-state index contributed by atoms with van der Waals surface area (Å²) in [5.41, 5.74) is 2.64. The van der Waals surface area contributed by atoms with Gasteiger partial charge in [-0.1, -0.05) is 43.3 Å². The lowest BCUT2D eigenvalue weighted by atomic mass is 10.2. The van der Waals surface area contributed by atoms with Crippen LogP contribution in [-0.4, -0.2) is 17.1 Å². The smallest absolute Gasteiger partial charge is 0.255 e. The summed E-state index contributed by atoms with van der Waals surface area (Å²) >= 11 is 1.49. The van der Waals surface area contributed by atoms with Gasteiger partial charge in [-0.05, 0) is 79.2 Å². The van der Waals surface area contributed by atoms with Gasteiger partial charge in [0, 0.05) is 27.5 Å². The van der Waals surface area contributed by atoms with Gasteiger partial charge < -0.3 is 5.32 Å². The summed E-state index contributed by atoms with van der Waals surface area (Å²) in [7, 11) is 0. The van der Waals surface area contributed by atoms with Crippen LogP contribution in [0.5, 0.6) is 0 Å². The summed E-state index contributed by atoms with van der Waals surface area (Å²) in [6.45, 7) is 2.00. The topological polar surface area (TPSA) is 49.4 Å². The molecular formula is C29H25FN2O2S. The molecule has 0 aliphatic rings. The van der Waals surface area contributed by atoms with Gasteiger partial charge in [-0.2, -0.15) is 0 Å². The number of carbonyl (C=O) groups is 2. The third-order valence-corrected chi connectivity index (χ3v) is 6.76. The highest BCUT2D eigenvalue weighted by molar-refractivity contribution is 8.00. The number of anilines is 3. The number of para-hydroxylation sites is 2. The van der Waals surface area contributed by atoms with Crippen LogP contribution >= 0.6 is 11.8 Å². The van der Waals surface area contributed by atoms with Crippen molar-refractivity contribution in [2.45, 2.75) is 23.5 Å². The van der Waals surface area contributed by atoms with Gasteiger partial charge in [-0.25, -0.2) is 4.39 Å². The highest BCUT2D eigenvalue weighted by atomic mass is 32.2. The van der Waals surface area contributed by atoms with E-state index in [1.807, 2.05) is 79.7 Å². The molecule has 176 valence electrons. The minimum Gasteiger partial charge on any atom is -0.322 e. The lowest BCUT2D eigenvalue weighted by Crippen LogP contribution is -2.34. The number of nitrogens with one attached hydrogen (secondary N) is 1. The monoisotopic (exact) mass is 484 g/mol. The zero-order valence-electron chi connectivity index (χ0n) is 19.2. The molecule has 0 spiro atoms. The van der Waals surface area contributed by atoms with Crippen molar-refractivity contribution < 1.29 is 14.0 Å². The van der Waals surface area contributed by atoms with Crippen molar-refractivity contribution in [2.24, 2.45) is 0 Å². The first-order valence-corrected chi connectivity index (χ1v) is 12.2. The molecular weight excluding hydrogens is 459 g/mol. The van der Waals surface area contributed by atoms with E-state index >= 15 is 0 Å². The molecule has 35 heavy (non-hydrogen) atoms. The average molecular weight is 485 g/mol. The second-order valence-corrected chi connectivity index (χ2v) is 9.12. The van der Waals surface area contributed by atoms with E-state index in [1.165, 1.54) is 36.0 Å². The van der Waals surface area contributed by atoms with Crippen LogP contribution in [0.3, 0.4) is 0 Å². The maximum atomic E-state index is 13.7. The standard InChI is InChI=1S/C29H25FN2O2S/c1-2-27(29(34)32(24-9-5-3-6-10-24)25-11-7-4-8-12-25)35-26-19-17-23(18-20-26)31-28(33)21-13-15-22(30)16-14-21/h3-20,27H,2H2,1H3,(H,31,33). The number of amides is 2. The van der Waals surface area contributed by atoms with Gasteiger partial charge in [0.25, 0.3) is 5.91 Å². The van der Waals surface area contributed by atoms with Crippen LogP contribution in [0, 0.1) is 5.82 Å². The largest absolute Gasteiger partial charge is 0.322 e. The summed E-state index contributed by atoms with van der Waals surface area (Å²) in [5, 5.41) is 2.51. The lowest BCUT2D eigenvalue weighted by molar-refractivity contribution is -0.117. The third kappa shape index (κ3) is 6.16. The SMILES string of the molecule is CCC(Sc1ccc(NC(=O)c2ccc(F)cc2)cc1)C(=O)N(c1ccccc1)c1ccccc1. The number of carbonyl (C=O) groups excluding carboxylic acids is 2. The van der Waals surface area contributed by atoms with E-state index in [0.717, 1.165) is 16.3 Å². The van der Waals surface area contributed by atoms with Crippen molar-refractivity contribution in [3.8, 4) is 0 Å². The Morgan fingerprint density at radius 3 is 1.86 bits per heavy atom. The number of thioether (sulfide) groups is 1. The van der Waals surface area contributed by atoms with Crippen LogP contribution in [-0.2, 0) is 4.79 Å². The van der Waals surface area contributed by atoms with Gasteiger partial charge >= 0.3 is 0 Å². The molecule has 0 bridgehead atoms. The molecule has 4 aromatic carbocycles. The second-order valence-electron chi connectivity index (χ2n) is 7.84. The van der Waals surface area contributed by atoms with Gasteiger partial charge in [0.15, 0.2) is 0 Å². The van der Waals surface area contributed by atoms with Crippen LogP contribution < -0.4 is 10.2 Å². The first-order chi connectivity index (χ1) is 17.0. The predicted molar refractivity (Wildman–Crippen MR) is 141 cm³/mol. The molecule has 0 heterocycles. The van der Waals surface area contributed by atoms with E-state index in [0.29, 0.717) is 17.7 Å². The third-order valence-electron chi connectivity index (χ3n) is 5.39. The van der Waals surface area contributed by atoms with Crippen molar-refractivity contribution in [3.63, 3.8) is 0 Å². The summed E-state index contributed by atoms with van der Waals surface area (Å²) in [4.78, 5) is 28.8. The summed E-state index contributed by atoms with van der Waals surface area (Å²) in [6.07, 6.45) is 0.655. The van der Waals surface area contributed by atoms with E-state index in [-0.39, 0.29) is 22.9 Å². The van der Waals surface area contributed by atoms with E-state index in [2.05, 4.69) is 5.32 Å². The molecule has 1 N–H and O–H groups in total. The molecule has 4 aromatic rings. The Labute approximate surface area is 208 Å². The molecule has 0 aromatic heterocycles. The molecule has 1 unspecified atom stereocenters. The molecule has 0 fully saturated rings. The van der Waals surface area contributed by atoms with Crippen LogP contribution in [0.1, 0.15) is 23.7 Å². The average Bonchev–Trinajstić information content (AvgIpc) is 2.90. The summed E-state index contributed by atoms with van der Waals surface area (Å²) in [6, 6.07) is 32.0. The zero-order valence-corrected chi connectivity index (χ0v) is 20.0. The number of halogens is 1. The van der Waals surface area contributed by atoms with E-state index in [9.17, 15) is 14.0 Å². The van der Waals surface area contributed by atoms with Crippen molar-refractivity contribution >= 4 is 40.6 Å². The highest BCUT2D eigenvalue weighted by Gasteiger charge is 2.26. The van der Waals surface area contributed by atoms with E-state index < -0.39 is 0 Å². The molecule has 0 aliphatic heterocycles. The summed E-state index contributed by atoms with van der Waals surface area (Å²) < 4.78 is 13.1. The molecule has 4 nitrogen and oxygen atoms in total. The first-order valence-electron chi connectivity index (χ1n) is 11.3. The molecule has 1 atom stereocenters. The Morgan fingerprint density at radius 1 is 0.800 bits per heavy atom. The van der Waals surface area contributed by atoms with Gasteiger partial charge in [0.05, 0.1) is 5.25 Å². The zero-order chi connectivity index (χ0) is 24.6. The maximum absolute atomic E-state index is 13.7. The summed E-state index contributed by atoms with van der Waals surface area (Å²) in [5.74, 6) is -0.696. The number of benzene rings is 4. The van der Waals surface area contributed by atoms with Crippen LogP contribution in [0.4, 0.5) is 21.5 Å². The molecule has 0 aliphatic carbocycles. The molecule has 2 amide bonds. The molecule has 4 rings (SSSR count). The van der Waals surface area contributed by atoms with Crippen molar-refractivity contribution in [1.82, 2.24) is 0 Å². The van der Waals surface area contributed by atoms with Gasteiger partial charge in [-0.3, -0.25) is 14.5 Å². The molecule has 0 saturated carbocycles. The predicted octanol–water partition coefficient (Wildman–Crippen LogP) is 7.31. The van der Waals surface area contributed by atoms with Crippen LogP contribution in [0.15, 0.2) is 114 Å². The highest BCUT2D eigenvalue weighted by Crippen LogP contribution is 2.33. The number of rotatable bonds is 8. The van der Waals surface area contributed by atoms with E-state index in [4.69, 9.17) is 0 Å². The Hall–Kier alpha value is -3.90. The molecule has 0 radical (unpaired) electrons. The normalized spacial score (nSPS) is 11.5. The number of hydrogen-bond donors (Lipinski definition) is 1. The van der Waals surface area contributed by atoms with Crippen LogP contribution in [0.25, 0.3) is 0 Å². The lowest BCUT2D eigenvalue weighted by Gasteiger charge is -2.27. The van der Waals surface area contributed by atoms with Gasteiger partial charge in [0.1, 0.15) is 5.82 Å².